The molecule has 1 heterocycles. The van der Waals surface area contributed by atoms with Crippen LogP contribution in [0.2, 0.25) is 0 Å². The smallest absolute Gasteiger partial charge is 0.254 e. The van der Waals surface area contributed by atoms with Crippen molar-refractivity contribution >= 4 is 5.91 Å². The molecule has 0 aromatic heterocycles. The highest BCUT2D eigenvalue weighted by molar-refractivity contribution is 5.94. The number of amides is 1. The van der Waals surface area contributed by atoms with Crippen LogP contribution in [0.5, 0.6) is 0 Å². The maximum Gasteiger partial charge on any atom is 0.254 e. The number of morpholine rings is 1. The molecule has 0 N–H and O–H groups in total. The summed E-state index contributed by atoms with van der Waals surface area (Å²) in [7, 11) is 0. The van der Waals surface area contributed by atoms with Crippen molar-refractivity contribution in [3.8, 4) is 0 Å². The van der Waals surface area contributed by atoms with Crippen LogP contribution in [0.3, 0.4) is 0 Å². The van der Waals surface area contributed by atoms with Gasteiger partial charge in [0.15, 0.2) is 0 Å². The number of ether oxygens (including phenoxy) is 1. The third-order valence-electron chi connectivity index (χ3n) is 4.21. The van der Waals surface area contributed by atoms with E-state index in [0.717, 1.165) is 25.2 Å². The van der Waals surface area contributed by atoms with Gasteiger partial charge in [0.2, 0.25) is 0 Å². The van der Waals surface area contributed by atoms with E-state index in [2.05, 4.69) is 30.9 Å². The Balaban J connectivity index is 2.01. The summed E-state index contributed by atoms with van der Waals surface area (Å²) >= 11 is 0. The summed E-state index contributed by atoms with van der Waals surface area (Å²) in [6.45, 7) is 12.7. The Kier molecular flexibility index (Phi) is 5.98. The summed E-state index contributed by atoms with van der Waals surface area (Å²) in [5.74, 6) is 0.108. The summed E-state index contributed by atoms with van der Waals surface area (Å²) in [6, 6.07) is 8.04. The normalized spacial score (nSPS) is 22.1. The van der Waals surface area contributed by atoms with Crippen molar-refractivity contribution in [2.24, 2.45) is 0 Å². The second-order valence-electron chi connectivity index (χ2n) is 6.13. The molecule has 1 amide bonds. The van der Waals surface area contributed by atoms with Gasteiger partial charge in [-0.2, -0.15) is 0 Å². The number of rotatable bonds is 5. The van der Waals surface area contributed by atoms with E-state index < -0.39 is 0 Å². The van der Waals surface area contributed by atoms with Gasteiger partial charge in [-0.15, -0.1) is 0 Å². The molecular formula is C18H28N2O2. The van der Waals surface area contributed by atoms with Crippen molar-refractivity contribution in [2.45, 2.75) is 46.4 Å². The molecule has 1 aromatic carbocycles. The van der Waals surface area contributed by atoms with E-state index in [1.54, 1.807) is 0 Å². The Bertz CT molecular complexity index is 472. The van der Waals surface area contributed by atoms with Gasteiger partial charge in [0, 0.05) is 25.2 Å². The number of carbonyl (C=O) groups is 1. The quantitative estimate of drug-likeness (QED) is 0.838. The lowest BCUT2D eigenvalue weighted by Gasteiger charge is -2.35. The number of hydrogen-bond acceptors (Lipinski definition) is 3. The van der Waals surface area contributed by atoms with Gasteiger partial charge in [-0.3, -0.25) is 9.69 Å². The van der Waals surface area contributed by atoms with Crippen molar-refractivity contribution in [1.29, 1.82) is 0 Å². The van der Waals surface area contributed by atoms with Crippen LogP contribution in [0.15, 0.2) is 24.3 Å². The first-order valence-electron chi connectivity index (χ1n) is 8.29. The molecule has 4 nitrogen and oxygen atoms in total. The van der Waals surface area contributed by atoms with Crippen LogP contribution in [0.1, 0.15) is 43.6 Å². The molecule has 22 heavy (non-hydrogen) atoms. The molecule has 1 aliphatic heterocycles. The van der Waals surface area contributed by atoms with Gasteiger partial charge in [-0.1, -0.05) is 26.0 Å². The third kappa shape index (κ3) is 4.31. The number of carbonyl (C=O) groups excluding carboxylic acids is 1. The molecule has 2 atom stereocenters. The molecule has 0 radical (unpaired) electrons. The fourth-order valence-electron chi connectivity index (χ4n) is 2.98. The highest BCUT2D eigenvalue weighted by Crippen LogP contribution is 2.15. The van der Waals surface area contributed by atoms with Crippen LogP contribution in [0.4, 0.5) is 0 Å². The first-order valence-corrected chi connectivity index (χ1v) is 8.29. The van der Waals surface area contributed by atoms with E-state index in [1.165, 1.54) is 5.56 Å². The second-order valence-corrected chi connectivity index (χ2v) is 6.13. The van der Waals surface area contributed by atoms with Crippen molar-refractivity contribution in [2.75, 3.05) is 26.2 Å². The molecule has 0 spiro atoms. The lowest BCUT2D eigenvalue weighted by atomic mass is 10.1. The van der Waals surface area contributed by atoms with Crippen molar-refractivity contribution in [1.82, 2.24) is 9.80 Å². The first-order chi connectivity index (χ1) is 10.5. The highest BCUT2D eigenvalue weighted by atomic mass is 16.5. The van der Waals surface area contributed by atoms with E-state index in [1.807, 2.05) is 30.9 Å². The van der Waals surface area contributed by atoms with E-state index >= 15 is 0 Å². The fourth-order valence-corrected chi connectivity index (χ4v) is 2.98. The fraction of sp³-hybridized carbons (Fsp3) is 0.611. The van der Waals surface area contributed by atoms with Crippen LogP contribution in [-0.4, -0.2) is 54.1 Å². The molecule has 1 aromatic rings. The Labute approximate surface area is 134 Å². The Hall–Kier alpha value is -1.39. The van der Waals surface area contributed by atoms with Crippen molar-refractivity contribution in [3.63, 3.8) is 0 Å². The highest BCUT2D eigenvalue weighted by Gasteiger charge is 2.26. The van der Waals surface area contributed by atoms with Gasteiger partial charge in [-0.05, 0) is 44.6 Å². The predicted octanol–water partition coefficient (Wildman–Crippen LogP) is 2.78. The zero-order chi connectivity index (χ0) is 16.1. The van der Waals surface area contributed by atoms with Gasteiger partial charge in [0.1, 0.15) is 0 Å². The third-order valence-corrected chi connectivity index (χ3v) is 4.21. The molecule has 1 fully saturated rings. The molecular weight excluding hydrogens is 276 g/mol. The van der Waals surface area contributed by atoms with Crippen LogP contribution < -0.4 is 0 Å². The van der Waals surface area contributed by atoms with Gasteiger partial charge >= 0.3 is 0 Å². The van der Waals surface area contributed by atoms with Gasteiger partial charge in [0.25, 0.3) is 5.91 Å². The number of hydrogen-bond donors (Lipinski definition) is 0. The Morgan fingerprint density at radius 3 is 2.18 bits per heavy atom. The maximum atomic E-state index is 12.6. The predicted molar refractivity (Wildman–Crippen MR) is 89.0 cm³/mol. The molecule has 1 saturated heterocycles. The minimum Gasteiger partial charge on any atom is -0.372 e. The average Bonchev–Trinajstić information content (AvgIpc) is 2.51. The second kappa shape index (κ2) is 7.75. The zero-order valence-corrected chi connectivity index (χ0v) is 14.2. The molecule has 122 valence electrons. The molecule has 4 heteroatoms. The summed E-state index contributed by atoms with van der Waals surface area (Å²) in [5.41, 5.74) is 2.02. The van der Waals surface area contributed by atoms with E-state index in [-0.39, 0.29) is 18.1 Å². The van der Waals surface area contributed by atoms with E-state index in [9.17, 15) is 4.79 Å². The monoisotopic (exact) mass is 304 g/mol. The molecule has 2 rings (SSSR count). The summed E-state index contributed by atoms with van der Waals surface area (Å²) < 4.78 is 5.69. The standard InChI is InChI=1S/C18H28N2O2/c1-5-19(6-2)13-16-7-9-17(10-8-16)18(21)20-11-14(3)22-15(4)12-20/h7-10,14-15H,5-6,11-13H2,1-4H3. The van der Waals surface area contributed by atoms with Crippen molar-refractivity contribution in [3.05, 3.63) is 35.4 Å². The topological polar surface area (TPSA) is 32.8 Å². The molecule has 2 unspecified atom stereocenters. The molecule has 0 bridgehead atoms. The Morgan fingerprint density at radius 2 is 1.68 bits per heavy atom. The van der Waals surface area contributed by atoms with Gasteiger partial charge in [-0.25, -0.2) is 0 Å². The lowest BCUT2D eigenvalue weighted by molar-refractivity contribution is -0.0586. The molecule has 0 aliphatic carbocycles. The van der Waals surface area contributed by atoms with Crippen molar-refractivity contribution < 1.29 is 9.53 Å². The largest absolute Gasteiger partial charge is 0.372 e. The van der Waals surface area contributed by atoms with E-state index in [0.29, 0.717) is 13.1 Å². The SMILES string of the molecule is CCN(CC)Cc1ccc(C(=O)N2CC(C)OC(C)C2)cc1. The maximum absolute atomic E-state index is 12.6. The molecule has 0 saturated carbocycles. The van der Waals surface area contributed by atoms with E-state index in [4.69, 9.17) is 4.74 Å². The van der Waals surface area contributed by atoms with Gasteiger partial charge < -0.3 is 9.64 Å². The van der Waals surface area contributed by atoms with Gasteiger partial charge in [0.05, 0.1) is 12.2 Å². The summed E-state index contributed by atoms with van der Waals surface area (Å²) in [4.78, 5) is 16.9. The van der Waals surface area contributed by atoms with Crippen LogP contribution in [0.25, 0.3) is 0 Å². The molecule has 1 aliphatic rings. The average molecular weight is 304 g/mol. The van der Waals surface area contributed by atoms with Crippen LogP contribution >= 0.6 is 0 Å². The lowest BCUT2D eigenvalue weighted by Crippen LogP contribution is -2.48. The summed E-state index contributed by atoms with van der Waals surface area (Å²) in [6.07, 6.45) is 0.212. The first kappa shape index (κ1) is 17.0. The van der Waals surface area contributed by atoms with Crippen LogP contribution in [0, 0.1) is 0 Å². The minimum absolute atomic E-state index is 0.106. The zero-order valence-electron chi connectivity index (χ0n) is 14.2. The minimum atomic E-state index is 0.106. The summed E-state index contributed by atoms with van der Waals surface area (Å²) in [5, 5.41) is 0. The van der Waals surface area contributed by atoms with Crippen LogP contribution in [-0.2, 0) is 11.3 Å². The number of benzene rings is 1. The number of nitrogens with zero attached hydrogens (tertiary/aromatic N) is 2. The Morgan fingerprint density at radius 1 is 1.14 bits per heavy atom.